The van der Waals surface area contributed by atoms with Crippen molar-refractivity contribution in [1.29, 1.82) is 0 Å². The number of aromatic nitrogens is 1. The highest BCUT2D eigenvalue weighted by Gasteiger charge is 2.21. The Kier molecular flexibility index (Phi) is 5.89. The van der Waals surface area contributed by atoms with E-state index in [1.54, 1.807) is 0 Å². The van der Waals surface area contributed by atoms with Crippen molar-refractivity contribution in [2.45, 2.75) is 27.2 Å². The van der Waals surface area contributed by atoms with E-state index in [0.29, 0.717) is 18.9 Å². The first kappa shape index (κ1) is 15.9. The van der Waals surface area contributed by atoms with E-state index in [0.717, 1.165) is 12.6 Å². The fourth-order valence-electron chi connectivity index (χ4n) is 1.52. The van der Waals surface area contributed by atoms with Crippen LogP contribution in [0.25, 0.3) is 0 Å². The Labute approximate surface area is 117 Å². The summed E-state index contributed by atoms with van der Waals surface area (Å²) in [6.45, 7) is 7.06. The smallest absolute Gasteiger partial charge is 0.300 e. The number of hydrogen-bond acceptors (Lipinski definition) is 5. The summed E-state index contributed by atoms with van der Waals surface area (Å²) in [6, 6.07) is 1.42. The molecule has 0 unspecified atom stereocenters. The molecule has 7 heteroatoms. The summed E-state index contributed by atoms with van der Waals surface area (Å²) in [6.07, 6.45) is 2.01. The molecule has 0 aromatic carbocycles. The van der Waals surface area contributed by atoms with Crippen LogP contribution in [-0.2, 0) is 0 Å². The van der Waals surface area contributed by atoms with Crippen LogP contribution in [0.1, 0.15) is 37.6 Å². The van der Waals surface area contributed by atoms with Gasteiger partial charge in [0.25, 0.3) is 11.6 Å². The van der Waals surface area contributed by atoms with Gasteiger partial charge in [-0.05, 0) is 12.3 Å². The third-order valence-corrected chi connectivity index (χ3v) is 2.55. The monoisotopic (exact) mass is 280 g/mol. The molecule has 1 aromatic heterocycles. The van der Waals surface area contributed by atoms with Crippen LogP contribution in [0.5, 0.6) is 0 Å². The highest BCUT2D eigenvalue weighted by molar-refractivity contribution is 5.98. The molecule has 0 atom stereocenters. The Morgan fingerprint density at radius 3 is 2.75 bits per heavy atom. The zero-order chi connectivity index (χ0) is 15.1. The Morgan fingerprint density at radius 1 is 1.50 bits per heavy atom. The second-order valence-electron chi connectivity index (χ2n) is 4.87. The highest BCUT2D eigenvalue weighted by atomic mass is 16.6. The number of carbonyl (C=O) groups excluding carboxylic acids is 1. The minimum atomic E-state index is -0.596. The molecule has 0 saturated heterocycles. The zero-order valence-electron chi connectivity index (χ0n) is 12.0. The summed E-state index contributed by atoms with van der Waals surface area (Å²) < 4.78 is 0. The van der Waals surface area contributed by atoms with Crippen LogP contribution in [0, 0.1) is 16.0 Å². The predicted octanol–water partition coefficient (Wildman–Crippen LogP) is 2.20. The van der Waals surface area contributed by atoms with Gasteiger partial charge < -0.3 is 10.6 Å². The van der Waals surface area contributed by atoms with E-state index in [1.165, 1.54) is 6.07 Å². The number of pyridine rings is 1. The number of nitrogens with zero attached hydrogens (tertiary/aromatic N) is 2. The van der Waals surface area contributed by atoms with Gasteiger partial charge in [-0.3, -0.25) is 14.9 Å². The molecule has 0 aliphatic heterocycles. The lowest BCUT2D eigenvalue weighted by Crippen LogP contribution is -2.28. The molecular formula is C13H20N4O3. The van der Waals surface area contributed by atoms with Crippen molar-refractivity contribution in [2.24, 2.45) is 5.92 Å². The normalized spacial score (nSPS) is 10.4. The lowest BCUT2D eigenvalue weighted by molar-refractivity contribution is -0.385. The number of anilines is 1. The van der Waals surface area contributed by atoms with E-state index < -0.39 is 10.8 Å². The third-order valence-electron chi connectivity index (χ3n) is 2.55. The summed E-state index contributed by atoms with van der Waals surface area (Å²) in [5.74, 6) is 0.289. The van der Waals surface area contributed by atoms with Crippen molar-refractivity contribution in [3.63, 3.8) is 0 Å². The molecule has 0 spiro atoms. The van der Waals surface area contributed by atoms with E-state index in [9.17, 15) is 14.9 Å². The lowest BCUT2D eigenvalue weighted by atomic mass is 10.2. The fraction of sp³-hybridized carbons (Fsp3) is 0.538. The summed E-state index contributed by atoms with van der Waals surface area (Å²) >= 11 is 0. The van der Waals surface area contributed by atoms with Crippen molar-refractivity contribution >= 4 is 17.4 Å². The molecule has 2 N–H and O–H groups in total. The summed E-state index contributed by atoms with van der Waals surface area (Å²) in [5.41, 5.74) is -0.252. The van der Waals surface area contributed by atoms with Crippen LogP contribution in [-0.4, -0.2) is 28.9 Å². The molecule has 0 bridgehead atoms. The van der Waals surface area contributed by atoms with Crippen LogP contribution in [0.15, 0.2) is 12.3 Å². The standard InChI is InChI=1S/C13H20N4O3/c1-4-5-14-12-6-10(11(8-15-12)17(19)20)13(18)16-7-9(2)3/h6,8-9H,4-5,7H2,1-3H3,(H,14,15)(H,16,18). The molecule has 0 fully saturated rings. The average Bonchev–Trinajstić information content (AvgIpc) is 2.41. The molecule has 0 radical (unpaired) electrons. The van der Waals surface area contributed by atoms with Gasteiger partial charge in [0.05, 0.1) is 4.92 Å². The highest BCUT2D eigenvalue weighted by Crippen LogP contribution is 2.20. The number of nitrogens with one attached hydrogen (secondary N) is 2. The number of nitro groups is 1. The van der Waals surface area contributed by atoms with Crippen LogP contribution < -0.4 is 10.6 Å². The SMILES string of the molecule is CCCNc1cc(C(=O)NCC(C)C)c([N+](=O)[O-])cn1. The van der Waals surface area contributed by atoms with Gasteiger partial charge in [-0.2, -0.15) is 0 Å². The molecular weight excluding hydrogens is 260 g/mol. The molecule has 0 aliphatic rings. The van der Waals surface area contributed by atoms with Gasteiger partial charge in [-0.25, -0.2) is 4.98 Å². The maximum absolute atomic E-state index is 12.0. The van der Waals surface area contributed by atoms with Gasteiger partial charge in [-0.15, -0.1) is 0 Å². The van der Waals surface area contributed by atoms with E-state index in [4.69, 9.17) is 0 Å². The number of hydrogen-bond donors (Lipinski definition) is 2. The zero-order valence-corrected chi connectivity index (χ0v) is 12.0. The maximum Gasteiger partial charge on any atom is 0.300 e. The Morgan fingerprint density at radius 2 is 2.20 bits per heavy atom. The van der Waals surface area contributed by atoms with Crippen molar-refractivity contribution in [1.82, 2.24) is 10.3 Å². The Bertz CT molecular complexity index is 489. The van der Waals surface area contributed by atoms with Crippen LogP contribution in [0.2, 0.25) is 0 Å². The minimum absolute atomic E-state index is 0.0317. The summed E-state index contributed by atoms with van der Waals surface area (Å²) in [5, 5.41) is 16.6. The summed E-state index contributed by atoms with van der Waals surface area (Å²) in [7, 11) is 0. The third kappa shape index (κ3) is 4.49. The van der Waals surface area contributed by atoms with Crippen LogP contribution in [0.4, 0.5) is 11.5 Å². The van der Waals surface area contributed by atoms with Gasteiger partial charge in [0, 0.05) is 19.2 Å². The average molecular weight is 280 g/mol. The molecule has 20 heavy (non-hydrogen) atoms. The second kappa shape index (κ2) is 7.42. The molecule has 0 saturated carbocycles. The molecule has 1 rings (SSSR count). The van der Waals surface area contributed by atoms with E-state index in [2.05, 4.69) is 15.6 Å². The quantitative estimate of drug-likeness (QED) is 0.589. The number of carbonyl (C=O) groups is 1. The molecule has 7 nitrogen and oxygen atoms in total. The van der Waals surface area contributed by atoms with Gasteiger partial charge in [0.1, 0.15) is 17.6 Å². The van der Waals surface area contributed by atoms with Crippen molar-refractivity contribution in [3.05, 3.63) is 27.9 Å². The Balaban J connectivity index is 2.98. The first-order valence-electron chi connectivity index (χ1n) is 6.62. The second-order valence-corrected chi connectivity index (χ2v) is 4.87. The van der Waals surface area contributed by atoms with E-state index >= 15 is 0 Å². The van der Waals surface area contributed by atoms with Crippen molar-refractivity contribution in [2.75, 3.05) is 18.4 Å². The minimum Gasteiger partial charge on any atom is -0.370 e. The van der Waals surface area contributed by atoms with Gasteiger partial charge in [-0.1, -0.05) is 20.8 Å². The first-order chi connectivity index (χ1) is 9.45. The predicted molar refractivity (Wildman–Crippen MR) is 76.8 cm³/mol. The van der Waals surface area contributed by atoms with Crippen LogP contribution >= 0.6 is 0 Å². The molecule has 1 aromatic rings. The largest absolute Gasteiger partial charge is 0.370 e. The van der Waals surface area contributed by atoms with E-state index in [-0.39, 0.29) is 17.2 Å². The molecule has 110 valence electrons. The van der Waals surface area contributed by atoms with Gasteiger partial charge in [0.15, 0.2) is 0 Å². The molecule has 0 aliphatic carbocycles. The summed E-state index contributed by atoms with van der Waals surface area (Å²) in [4.78, 5) is 26.3. The van der Waals surface area contributed by atoms with Crippen molar-refractivity contribution < 1.29 is 9.72 Å². The topological polar surface area (TPSA) is 97.2 Å². The molecule has 1 heterocycles. The number of rotatable bonds is 7. The van der Waals surface area contributed by atoms with Gasteiger partial charge in [0.2, 0.25) is 0 Å². The van der Waals surface area contributed by atoms with E-state index in [1.807, 2.05) is 20.8 Å². The fourth-order valence-corrected chi connectivity index (χ4v) is 1.52. The Hall–Kier alpha value is -2.18. The maximum atomic E-state index is 12.0. The van der Waals surface area contributed by atoms with Crippen LogP contribution in [0.3, 0.4) is 0 Å². The lowest BCUT2D eigenvalue weighted by Gasteiger charge is -2.09. The van der Waals surface area contributed by atoms with Gasteiger partial charge >= 0.3 is 0 Å². The first-order valence-corrected chi connectivity index (χ1v) is 6.62. The van der Waals surface area contributed by atoms with Crippen molar-refractivity contribution in [3.8, 4) is 0 Å². The molecule has 1 amide bonds. The number of amides is 1.